The minimum Gasteiger partial charge on any atom is -0.0626 e. The fourth-order valence-corrected chi connectivity index (χ4v) is 4.01. The first kappa shape index (κ1) is 19.0. The molecule has 2 aromatic carbocycles. The Bertz CT molecular complexity index is 818. The predicted molar refractivity (Wildman–Crippen MR) is 116 cm³/mol. The van der Waals surface area contributed by atoms with Crippen LogP contribution in [0.15, 0.2) is 42.0 Å². The lowest BCUT2D eigenvalue weighted by Crippen LogP contribution is -2.16. The third-order valence-corrected chi connectivity index (χ3v) is 5.85. The molecule has 0 bridgehead atoms. The van der Waals surface area contributed by atoms with Crippen molar-refractivity contribution in [2.75, 3.05) is 0 Å². The van der Waals surface area contributed by atoms with Crippen LogP contribution in [0.25, 0.3) is 17.2 Å². The molecule has 26 heavy (non-hydrogen) atoms. The van der Waals surface area contributed by atoms with Gasteiger partial charge >= 0.3 is 0 Å². The minimum absolute atomic E-state index is 0.145. The first-order chi connectivity index (χ1) is 12.0. The van der Waals surface area contributed by atoms with Crippen LogP contribution in [0.5, 0.6) is 0 Å². The molecule has 0 nitrogen and oxygen atoms in total. The number of fused-ring (bicyclic) bond motifs is 1. The third kappa shape index (κ3) is 3.39. The Labute approximate surface area is 160 Å². The molecule has 0 N–H and O–H groups in total. The Morgan fingerprint density at radius 2 is 1.42 bits per heavy atom. The Hall–Kier alpha value is -1.82. The largest absolute Gasteiger partial charge is 0.0626 e. The molecular formula is C26H34. The molecule has 1 unspecified atom stereocenters. The highest BCUT2D eigenvalue weighted by Crippen LogP contribution is 2.44. The van der Waals surface area contributed by atoms with Crippen LogP contribution in [0.3, 0.4) is 0 Å². The summed E-state index contributed by atoms with van der Waals surface area (Å²) < 4.78 is 0. The van der Waals surface area contributed by atoms with Crippen LogP contribution in [0, 0.1) is 0 Å². The molecule has 0 heteroatoms. The van der Waals surface area contributed by atoms with Crippen molar-refractivity contribution in [2.45, 2.75) is 78.6 Å². The van der Waals surface area contributed by atoms with E-state index in [4.69, 9.17) is 0 Å². The summed E-state index contributed by atoms with van der Waals surface area (Å²) >= 11 is 0. The quantitative estimate of drug-likeness (QED) is 0.519. The summed E-state index contributed by atoms with van der Waals surface area (Å²) in [7, 11) is 0. The smallest absolute Gasteiger partial charge is 0.00351 e. The predicted octanol–water partition coefficient (Wildman–Crippen LogP) is 7.86. The fraction of sp³-hybridized carbons (Fsp3) is 0.462. The van der Waals surface area contributed by atoms with Gasteiger partial charge in [-0.15, -0.1) is 0 Å². The van der Waals surface area contributed by atoms with E-state index in [0.717, 1.165) is 6.42 Å². The van der Waals surface area contributed by atoms with Crippen molar-refractivity contribution in [1.29, 1.82) is 0 Å². The highest BCUT2D eigenvalue weighted by Gasteiger charge is 2.26. The van der Waals surface area contributed by atoms with E-state index in [-0.39, 0.29) is 10.8 Å². The Kier molecular flexibility index (Phi) is 4.67. The second-order valence-electron chi connectivity index (χ2n) is 9.90. The lowest BCUT2D eigenvalue weighted by Gasteiger charge is -2.27. The zero-order chi connectivity index (χ0) is 19.3. The summed E-state index contributed by atoms with van der Waals surface area (Å²) in [5, 5.41) is 0. The summed E-state index contributed by atoms with van der Waals surface area (Å²) in [6.07, 6.45) is 3.53. The van der Waals surface area contributed by atoms with Crippen LogP contribution in [0.2, 0.25) is 0 Å². The molecule has 0 aromatic heterocycles. The van der Waals surface area contributed by atoms with Gasteiger partial charge in [-0.3, -0.25) is 0 Å². The molecule has 0 saturated heterocycles. The molecule has 0 fully saturated rings. The molecule has 1 aliphatic rings. The third-order valence-electron chi connectivity index (χ3n) is 5.85. The van der Waals surface area contributed by atoms with Gasteiger partial charge < -0.3 is 0 Å². The number of benzene rings is 2. The average Bonchev–Trinajstić information content (AvgIpc) is 2.89. The van der Waals surface area contributed by atoms with E-state index in [1.54, 1.807) is 5.57 Å². The van der Waals surface area contributed by atoms with Crippen molar-refractivity contribution in [2.24, 2.45) is 0 Å². The summed E-state index contributed by atoms with van der Waals surface area (Å²) in [6, 6.07) is 14.1. The van der Waals surface area contributed by atoms with Crippen molar-refractivity contribution in [1.82, 2.24) is 0 Å². The normalized spacial score (nSPS) is 17.2. The maximum atomic E-state index is 2.42. The number of allylic oxidation sites excluding steroid dienone is 1. The SMILES string of the molecule is CCC1=Cc2cccc(-c3cc(C(C)(C)C)cc(C(C)(C)C)c3)c2C1C. The molecule has 0 spiro atoms. The van der Waals surface area contributed by atoms with Gasteiger partial charge in [0.2, 0.25) is 0 Å². The summed E-state index contributed by atoms with van der Waals surface area (Å²) in [6.45, 7) is 18.5. The van der Waals surface area contributed by atoms with Gasteiger partial charge in [0.25, 0.3) is 0 Å². The summed E-state index contributed by atoms with van der Waals surface area (Å²) in [5.74, 6) is 0.516. The van der Waals surface area contributed by atoms with E-state index >= 15 is 0 Å². The standard InChI is InChI=1S/C26H34/c1-9-18-13-19-11-10-12-23(24(19)17(18)2)20-14-21(25(3,4)5)16-22(15-20)26(6,7)8/h10-17H,9H2,1-8H3. The first-order valence-electron chi connectivity index (χ1n) is 10.0. The fourth-order valence-electron chi connectivity index (χ4n) is 4.01. The van der Waals surface area contributed by atoms with Crippen molar-refractivity contribution in [3.63, 3.8) is 0 Å². The van der Waals surface area contributed by atoms with Crippen LogP contribution in [0.4, 0.5) is 0 Å². The average molecular weight is 347 g/mol. The molecule has 0 heterocycles. The molecular weight excluding hydrogens is 312 g/mol. The number of rotatable bonds is 2. The lowest BCUT2D eigenvalue weighted by atomic mass is 9.78. The van der Waals surface area contributed by atoms with E-state index in [9.17, 15) is 0 Å². The zero-order valence-electron chi connectivity index (χ0n) is 17.8. The highest BCUT2D eigenvalue weighted by atomic mass is 14.3. The molecule has 2 aromatic rings. The number of hydrogen-bond acceptors (Lipinski definition) is 0. The van der Waals surface area contributed by atoms with Gasteiger partial charge in [-0.25, -0.2) is 0 Å². The molecule has 0 radical (unpaired) electrons. The lowest BCUT2D eigenvalue weighted by molar-refractivity contribution is 0.569. The van der Waals surface area contributed by atoms with Gasteiger partial charge in [0.05, 0.1) is 0 Å². The Morgan fingerprint density at radius 1 is 0.846 bits per heavy atom. The minimum atomic E-state index is 0.145. The van der Waals surface area contributed by atoms with Gasteiger partial charge in [0.1, 0.15) is 0 Å². The Balaban J connectivity index is 2.23. The van der Waals surface area contributed by atoms with Gasteiger partial charge in [-0.1, -0.05) is 103 Å². The van der Waals surface area contributed by atoms with Crippen LogP contribution >= 0.6 is 0 Å². The molecule has 1 atom stereocenters. The van der Waals surface area contributed by atoms with E-state index in [1.165, 1.54) is 33.4 Å². The maximum absolute atomic E-state index is 2.42. The number of hydrogen-bond donors (Lipinski definition) is 0. The van der Waals surface area contributed by atoms with Crippen molar-refractivity contribution >= 4 is 6.08 Å². The van der Waals surface area contributed by atoms with Crippen molar-refractivity contribution in [3.8, 4) is 11.1 Å². The monoisotopic (exact) mass is 346 g/mol. The van der Waals surface area contributed by atoms with E-state index in [1.807, 2.05) is 0 Å². The van der Waals surface area contributed by atoms with Crippen LogP contribution in [-0.4, -0.2) is 0 Å². The summed E-state index contributed by atoms with van der Waals surface area (Å²) in [4.78, 5) is 0. The van der Waals surface area contributed by atoms with Crippen LogP contribution in [0.1, 0.15) is 90.0 Å². The topological polar surface area (TPSA) is 0 Å². The van der Waals surface area contributed by atoms with E-state index in [0.29, 0.717) is 5.92 Å². The van der Waals surface area contributed by atoms with Crippen LogP contribution < -0.4 is 0 Å². The molecule has 0 aliphatic heterocycles. The van der Waals surface area contributed by atoms with Gasteiger partial charge in [-0.05, 0) is 50.6 Å². The van der Waals surface area contributed by atoms with E-state index in [2.05, 4.69) is 97.9 Å². The summed E-state index contributed by atoms with van der Waals surface area (Å²) in [5.41, 5.74) is 10.4. The molecule has 138 valence electrons. The van der Waals surface area contributed by atoms with Crippen molar-refractivity contribution < 1.29 is 0 Å². The van der Waals surface area contributed by atoms with Gasteiger partial charge in [-0.2, -0.15) is 0 Å². The molecule has 0 amide bonds. The van der Waals surface area contributed by atoms with Gasteiger partial charge in [0, 0.05) is 5.92 Å². The van der Waals surface area contributed by atoms with Crippen LogP contribution in [-0.2, 0) is 10.8 Å². The second kappa shape index (κ2) is 6.41. The molecule has 3 rings (SSSR count). The van der Waals surface area contributed by atoms with Crippen molar-refractivity contribution in [3.05, 3.63) is 64.2 Å². The Morgan fingerprint density at radius 3 is 1.92 bits per heavy atom. The first-order valence-corrected chi connectivity index (χ1v) is 10.0. The van der Waals surface area contributed by atoms with Gasteiger partial charge in [0.15, 0.2) is 0 Å². The molecule has 0 saturated carbocycles. The maximum Gasteiger partial charge on any atom is 0.00351 e. The second-order valence-corrected chi connectivity index (χ2v) is 9.90. The molecule has 1 aliphatic carbocycles. The zero-order valence-corrected chi connectivity index (χ0v) is 17.8. The van der Waals surface area contributed by atoms with E-state index < -0.39 is 0 Å². The highest BCUT2D eigenvalue weighted by molar-refractivity contribution is 5.79.